The summed E-state index contributed by atoms with van der Waals surface area (Å²) in [7, 11) is 1.39. The topological polar surface area (TPSA) is 58.6 Å². The summed E-state index contributed by atoms with van der Waals surface area (Å²) in [4.78, 5) is 10.8. The molecule has 76 valence electrons. The molecule has 1 aromatic carbocycles. The van der Waals surface area contributed by atoms with Crippen LogP contribution < -0.4 is 10.1 Å². The van der Waals surface area contributed by atoms with Crippen molar-refractivity contribution in [2.45, 2.75) is 6.92 Å². The number of hydrogen-bond donors (Lipinski definition) is 2. The smallest absolute Gasteiger partial charge is 0.221 e. The van der Waals surface area contributed by atoms with Gasteiger partial charge < -0.3 is 15.2 Å². The van der Waals surface area contributed by atoms with Gasteiger partial charge in [0, 0.05) is 6.92 Å². The van der Waals surface area contributed by atoms with Gasteiger partial charge in [-0.3, -0.25) is 4.79 Å². The lowest BCUT2D eigenvalue weighted by molar-refractivity contribution is -0.114. The molecule has 0 atom stereocenters. The van der Waals surface area contributed by atoms with Crippen LogP contribution in [-0.2, 0) is 4.79 Å². The summed E-state index contributed by atoms with van der Waals surface area (Å²) in [6, 6.07) is 2.90. The van der Waals surface area contributed by atoms with Crippen LogP contribution in [0.15, 0.2) is 12.1 Å². The Morgan fingerprint density at radius 1 is 1.57 bits per heavy atom. The van der Waals surface area contributed by atoms with Crippen molar-refractivity contribution in [3.8, 4) is 11.5 Å². The minimum atomic E-state index is -0.236. The van der Waals surface area contributed by atoms with E-state index in [0.717, 1.165) is 0 Å². The summed E-state index contributed by atoms with van der Waals surface area (Å²) in [5, 5.41) is 12.0. The zero-order valence-corrected chi connectivity index (χ0v) is 8.55. The molecule has 14 heavy (non-hydrogen) atoms. The summed E-state index contributed by atoms with van der Waals surface area (Å²) in [6.45, 7) is 1.37. The van der Waals surface area contributed by atoms with Gasteiger partial charge in [-0.1, -0.05) is 11.6 Å². The van der Waals surface area contributed by atoms with Crippen LogP contribution in [0, 0.1) is 0 Å². The van der Waals surface area contributed by atoms with Gasteiger partial charge in [0.1, 0.15) is 5.02 Å². The van der Waals surface area contributed by atoms with Gasteiger partial charge in [-0.15, -0.1) is 0 Å². The van der Waals surface area contributed by atoms with E-state index < -0.39 is 0 Å². The lowest BCUT2D eigenvalue weighted by atomic mass is 10.2. The molecule has 1 aromatic rings. The molecule has 0 unspecified atom stereocenters. The monoisotopic (exact) mass is 215 g/mol. The van der Waals surface area contributed by atoms with Crippen LogP contribution in [0.5, 0.6) is 11.5 Å². The van der Waals surface area contributed by atoms with E-state index in [-0.39, 0.29) is 22.4 Å². The van der Waals surface area contributed by atoms with E-state index in [0.29, 0.717) is 5.69 Å². The summed E-state index contributed by atoms with van der Waals surface area (Å²) < 4.78 is 4.86. The fourth-order valence-electron chi connectivity index (χ4n) is 1.03. The highest BCUT2D eigenvalue weighted by Crippen LogP contribution is 2.39. The Hall–Kier alpha value is -1.42. The molecule has 4 nitrogen and oxygen atoms in total. The maximum atomic E-state index is 10.8. The zero-order chi connectivity index (χ0) is 10.7. The molecule has 0 spiro atoms. The van der Waals surface area contributed by atoms with Crippen LogP contribution in [0.4, 0.5) is 5.69 Å². The molecule has 0 aliphatic rings. The Bertz CT molecular complexity index is 365. The molecule has 0 aliphatic carbocycles. The van der Waals surface area contributed by atoms with Crippen molar-refractivity contribution in [3.05, 3.63) is 17.2 Å². The molecule has 0 aromatic heterocycles. The lowest BCUT2D eigenvalue weighted by Crippen LogP contribution is -2.06. The second kappa shape index (κ2) is 4.19. The van der Waals surface area contributed by atoms with Crippen molar-refractivity contribution in [1.29, 1.82) is 0 Å². The number of hydrogen-bond acceptors (Lipinski definition) is 3. The Morgan fingerprint density at radius 2 is 2.21 bits per heavy atom. The van der Waals surface area contributed by atoms with Crippen LogP contribution in [0.25, 0.3) is 0 Å². The van der Waals surface area contributed by atoms with Gasteiger partial charge in [0.2, 0.25) is 5.91 Å². The van der Waals surface area contributed by atoms with E-state index in [1.165, 1.54) is 26.2 Å². The van der Waals surface area contributed by atoms with Gasteiger partial charge in [0.05, 0.1) is 12.8 Å². The number of carbonyl (C=O) groups excluding carboxylic acids is 1. The highest BCUT2D eigenvalue weighted by atomic mass is 35.5. The Labute approximate surface area is 86.4 Å². The number of benzene rings is 1. The molecule has 2 N–H and O–H groups in total. The first-order valence-electron chi connectivity index (χ1n) is 3.89. The van der Waals surface area contributed by atoms with Gasteiger partial charge >= 0.3 is 0 Å². The maximum Gasteiger partial charge on any atom is 0.221 e. The van der Waals surface area contributed by atoms with E-state index in [4.69, 9.17) is 16.3 Å². The number of amides is 1. The zero-order valence-electron chi connectivity index (χ0n) is 7.80. The maximum absolute atomic E-state index is 10.8. The molecule has 0 saturated carbocycles. The van der Waals surface area contributed by atoms with E-state index in [2.05, 4.69) is 5.32 Å². The van der Waals surface area contributed by atoms with E-state index in [1.54, 1.807) is 0 Å². The third-order valence-corrected chi connectivity index (χ3v) is 1.97. The van der Waals surface area contributed by atoms with E-state index >= 15 is 0 Å². The number of carbonyl (C=O) groups is 1. The molecular weight excluding hydrogens is 206 g/mol. The summed E-state index contributed by atoms with van der Waals surface area (Å²) in [5.74, 6) is -0.149. The number of methoxy groups -OCH3 is 1. The second-order valence-electron chi connectivity index (χ2n) is 2.66. The lowest BCUT2D eigenvalue weighted by Gasteiger charge is -2.10. The molecule has 0 bridgehead atoms. The van der Waals surface area contributed by atoms with Gasteiger partial charge in [-0.05, 0) is 12.1 Å². The van der Waals surface area contributed by atoms with Gasteiger partial charge in [0.25, 0.3) is 0 Å². The summed E-state index contributed by atoms with van der Waals surface area (Å²) in [6.07, 6.45) is 0. The Morgan fingerprint density at radius 3 is 2.71 bits per heavy atom. The number of ether oxygens (including phenoxy) is 1. The quantitative estimate of drug-likeness (QED) is 0.742. The summed E-state index contributed by atoms with van der Waals surface area (Å²) in [5.41, 5.74) is 0.411. The van der Waals surface area contributed by atoms with E-state index in [9.17, 15) is 9.90 Å². The van der Waals surface area contributed by atoms with Crippen LogP contribution >= 0.6 is 11.6 Å². The molecule has 0 saturated heterocycles. The van der Waals surface area contributed by atoms with Crippen LogP contribution in [0.1, 0.15) is 6.92 Å². The number of phenols is 1. The first kappa shape index (κ1) is 10.7. The van der Waals surface area contributed by atoms with Crippen LogP contribution in [-0.4, -0.2) is 18.1 Å². The predicted molar refractivity (Wildman–Crippen MR) is 54.0 cm³/mol. The number of nitrogens with one attached hydrogen (secondary N) is 1. The predicted octanol–water partition coefficient (Wildman–Crippen LogP) is 2.01. The standard InChI is InChI=1S/C9H10ClNO3/c1-5(12)11-6-3-4-7(13)9(14-2)8(6)10/h3-4,13H,1-2H3,(H,11,12). The number of halogens is 1. The third kappa shape index (κ3) is 2.09. The first-order chi connectivity index (χ1) is 6.56. The first-order valence-corrected chi connectivity index (χ1v) is 4.27. The summed E-state index contributed by atoms with van der Waals surface area (Å²) >= 11 is 5.86. The molecule has 0 radical (unpaired) electrons. The average Bonchev–Trinajstić information content (AvgIpc) is 2.10. The Balaban J connectivity index is 3.14. The van der Waals surface area contributed by atoms with Crippen LogP contribution in [0.2, 0.25) is 5.02 Å². The van der Waals surface area contributed by atoms with Gasteiger partial charge in [-0.25, -0.2) is 0 Å². The van der Waals surface area contributed by atoms with Crippen LogP contribution in [0.3, 0.4) is 0 Å². The van der Waals surface area contributed by atoms with Crippen molar-refractivity contribution in [1.82, 2.24) is 0 Å². The number of anilines is 1. The molecule has 0 heterocycles. The Kier molecular flexibility index (Phi) is 3.19. The van der Waals surface area contributed by atoms with Crippen molar-refractivity contribution < 1.29 is 14.6 Å². The number of phenolic OH excluding ortho intramolecular Hbond substituents is 1. The number of rotatable bonds is 2. The second-order valence-corrected chi connectivity index (χ2v) is 3.04. The van der Waals surface area contributed by atoms with Crippen molar-refractivity contribution in [2.75, 3.05) is 12.4 Å². The molecule has 1 amide bonds. The minimum absolute atomic E-state index is 0.0633. The average molecular weight is 216 g/mol. The largest absolute Gasteiger partial charge is 0.504 e. The molecule has 1 rings (SSSR count). The minimum Gasteiger partial charge on any atom is -0.504 e. The molecule has 0 fully saturated rings. The van der Waals surface area contributed by atoms with Crippen molar-refractivity contribution in [3.63, 3.8) is 0 Å². The van der Waals surface area contributed by atoms with Crippen molar-refractivity contribution in [2.24, 2.45) is 0 Å². The highest BCUT2D eigenvalue weighted by Gasteiger charge is 2.12. The fraction of sp³-hybridized carbons (Fsp3) is 0.222. The SMILES string of the molecule is COc1c(O)ccc(NC(C)=O)c1Cl. The fourth-order valence-corrected chi connectivity index (χ4v) is 1.31. The molecular formula is C9H10ClNO3. The molecule has 5 heteroatoms. The normalized spacial score (nSPS) is 9.64. The highest BCUT2D eigenvalue weighted by molar-refractivity contribution is 6.35. The number of aromatic hydroxyl groups is 1. The third-order valence-electron chi connectivity index (χ3n) is 1.59. The molecule has 0 aliphatic heterocycles. The van der Waals surface area contributed by atoms with Gasteiger partial charge in [0.15, 0.2) is 11.5 Å². The van der Waals surface area contributed by atoms with Crippen molar-refractivity contribution >= 4 is 23.2 Å². The van der Waals surface area contributed by atoms with E-state index in [1.807, 2.05) is 0 Å². The van der Waals surface area contributed by atoms with Gasteiger partial charge in [-0.2, -0.15) is 0 Å².